The number of benzene rings is 1. The molecule has 0 nitrogen and oxygen atoms in total. The van der Waals surface area contributed by atoms with E-state index in [1.165, 1.54) is 23.1 Å². The highest BCUT2D eigenvalue weighted by atomic mass is 14.4. The zero-order valence-corrected chi connectivity index (χ0v) is 11.2. The van der Waals surface area contributed by atoms with Crippen LogP contribution in [0.3, 0.4) is 0 Å². The molecule has 1 atom stereocenters. The van der Waals surface area contributed by atoms with Crippen molar-refractivity contribution in [1.82, 2.24) is 0 Å². The van der Waals surface area contributed by atoms with Crippen LogP contribution in [-0.4, -0.2) is 0 Å². The third kappa shape index (κ3) is 1.30. The Morgan fingerprint density at radius 2 is 2.00 bits per heavy atom. The fourth-order valence-corrected chi connectivity index (χ4v) is 3.48. The number of fused-ring (bicyclic) bond motifs is 2. The molecule has 17 heavy (non-hydrogen) atoms. The number of aryl methyl sites for hydroxylation is 1. The molecule has 0 aromatic heterocycles. The van der Waals surface area contributed by atoms with Crippen LogP contribution in [0.5, 0.6) is 0 Å². The molecule has 0 radical (unpaired) electrons. The summed E-state index contributed by atoms with van der Waals surface area (Å²) in [4.78, 5) is 0. The Morgan fingerprint density at radius 1 is 1.24 bits per heavy atom. The SMILES string of the molecule is Cc1cccc2c1C1=C(C=CCC1C)C2(C)C. The van der Waals surface area contributed by atoms with Gasteiger partial charge in [-0.05, 0) is 47.1 Å². The fourth-order valence-electron chi connectivity index (χ4n) is 3.48. The second-order valence-corrected chi connectivity index (χ2v) is 5.99. The molecule has 0 spiro atoms. The Bertz CT molecular complexity index is 541. The highest BCUT2D eigenvalue weighted by Gasteiger charge is 2.39. The van der Waals surface area contributed by atoms with Crippen LogP contribution in [-0.2, 0) is 5.41 Å². The lowest BCUT2D eigenvalue weighted by Gasteiger charge is -2.25. The molecule has 1 aromatic rings. The van der Waals surface area contributed by atoms with Gasteiger partial charge in [-0.25, -0.2) is 0 Å². The maximum atomic E-state index is 2.36. The largest absolute Gasteiger partial charge is 0.0836 e. The average Bonchev–Trinajstić information content (AvgIpc) is 2.52. The van der Waals surface area contributed by atoms with E-state index in [-0.39, 0.29) is 5.41 Å². The minimum absolute atomic E-state index is 0.182. The van der Waals surface area contributed by atoms with Crippen molar-refractivity contribution in [3.8, 4) is 0 Å². The molecule has 0 aliphatic heterocycles. The molecule has 0 bridgehead atoms. The summed E-state index contributed by atoms with van der Waals surface area (Å²) in [6.07, 6.45) is 5.88. The normalized spacial score (nSPS) is 24.8. The van der Waals surface area contributed by atoms with E-state index in [2.05, 4.69) is 58.0 Å². The van der Waals surface area contributed by atoms with Crippen LogP contribution in [0.2, 0.25) is 0 Å². The third-order valence-corrected chi connectivity index (χ3v) is 4.45. The summed E-state index contributed by atoms with van der Waals surface area (Å²) in [6.45, 7) is 9.32. The van der Waals surface area contributed by atoms with Crippen LogP contribution in [0, 0.1) is 12.8 Å². The van der Waals surface area contributed by atoms with E-state index in [4.69, 9.17) is 0 Å². The summed E-state index contributed by atoms with van der Waals surface area (Å²) in [6, 6.07) is 6.75. The maximum absolute atomic E-state index is 2.36. The van der Waals surface area contributed by atoms with E-state index in [0.29, 0.717) is 5.92 Å². The zero-order chi connectivity index (χ0) is 12.2. The molecule has 0 N–H and O–H groups in total. The van der Waals surface area contributed by atoms with Gasteiger partial charge in [-0.2, -0.15) is 0 Å². The second kappa shape index (κ2) is 3.35. The smallest absolute Gasteiger partial charge is 0.0155 e. The van der Waals surface area contributed by atoms with Gasteiger partial charge in [0.05, 0.1) is 0 Å². The average molecular weight is 224 g/mol. The topological polar surface area (TPSA) is 0 Å². The Kier molecular flexibility index (Phi) is 2.13. The summed E-state index contributed by atoms with van der Waals surface area (Å²) in [5, 5.41) is 0. The molecule has 0 saturated carbocycles. The van der Waals surface area contributed by atoms with Gasteiger partial charge in [0.15, 0.2) is 0 Å². The molecule has 0 amide bonds. The quantitative estimate of drug-likeness (QED) is 0.602. The zero-order valence-electron chi connectivity index (χ0n) is 11.2. The van der Waals surface area contributed by atoms with E-state index < -0.39 is 0 Å². The standard InChI is InChI=1S/C17H20/c1-11-7-5-9-13-15(11)16-12(2)8-6-10-14(16)17(13,3)4/h5-7,9-10,12H,8H2,1-4H3. The van der Waals surface area contributed by atoms with Crippen molar-refractivity contribution in [2.24, 2.45) is 5.92 Å². The Balaban J connectivity index is 2.36. The van der Waals surface area contributed by atoms with Crippen molar-refractivity contribution in [2.75, 3.05) is 0 Å². The molecular weight excluding hydrogens is 204 g/mol. The van der Waals surface area contributed by atoms with Crippen molar-refractivity contribution in [3.63, 3.8) is 0 Å². The monoisotopic (exact) mass is 224 g/mol. The first-order chi connectivity index (χ1) is 8.03. The number of hydrogen-bond acceptors (Lipinski definition) is 0. The molecule has 0 heteroatoms. The second-order valence-electron chi connectivity index (χ2n) is 5.99. The van der Waals surface area contributed by atoms with Gasteiger partial charge in [-0.3, -0.25) is 0 Å². The lowest BCUT2D eigenvalue weighted by Crippen LogP contribution is -2.17. The molecule has 3 rings (SSSR count). The lowest BCUT2D eigenvalue weighted by molar-refractivity contribution is 0.643. The van der Waals surface area contributed by atoms with E-state index >= 15 is 0 Å². The molecule has 1 unspecified atom stereocenters. The molecule has 0 heterocycles. The maximum Gasteiger partial charge on any atom is 0.0155 e. The molecule has 0 saturated heterocycles. The number of hydrogen-bond donors (Lipinski definition) is 0. The molecule has 0 fully saturated rings. The van der Waals surface area contributed by atoms with Crippen LogP contribution >= 0.6 is 0 Å². The fraction of sp³-hybridized carbons (Fsp3) is 0.412. The lowest BCUT2D eigenvalue weighted by atomic mass is 9.79. The minimum atomic E-state index is 0.182. The Morgan fingerprint density at radius 3 is 2.76 bits per heavy atom. The molecule has 2 aliphatic rings. The summed E-state index contributed by atoms with van der Waals surface area (Å²) in [5.74, 6) is 0.664. The number of rotatable bonds is 0. The van der Waals surface area contributed by atoms with Crippen molar-refractivity contribution in [2.45, 2.75) is 39.5 Å². The number of allylic oxidation sites excluding steroid dienone is 4. The van der Waals surface area contributed by atoms with E-state index in [1.54, 1.807) is 11.1 Å². The summed E-state index contributed by atoms with van der Waals surface area (Å²) in [5.41, 5.74) is 7.81. The first-order valence-electron chi connectivity index (χ1n) is 6.55. The predicted octanol–water partition coefficient (Wildman–Crippen LogP) is 4.64. The van der Waals surface area contributed by atoms with Gasteiger partial charge in [0, 0.05) is 5.41 Å². The Labute approximate surface area is 104 Å². The van der Waals surface area contributed by atoms with Gasteiger partial charge in [0.25, 0.3) is 0 Å². The first kappa shape index (κ1) is 10.8. The van der Waals surface area contributed by atoms with Gasteiger partial charge in [-0.1, -0.05) is 51.1 Å². The van der Waals surface area contributed by atoms with Gasteiger partial charge in [0.1, 0.15) is 0 Å². The van der Waals surface area contributed by atoms with Crippen molar-refractivity contribution in [3.05, 3.63) is 52.6 Å². The van der Waals surface area contributed by atoms with Crippen LogP contribution in [0.15, 0.2) is 35.9 Å². The van der Waals surface area contributed by atoms with Crippen molar-refractivity contribution in [1.29, 1.82) is 0 Å². The van der Waals surface area contributed by atoms with Crippen LogP contribution in [0.25, 0.3) is 5.57 Å². The van der Waals surface area contributed by atoms with E-state index in [0.717, 1.165) is 0 Å². The van der Waals surface area contributed by atoms with E-state index in [9.17, 15) is 0 Å². The highest BCUT2D eigenvalue weighted by molar-refractivity contribution is 5.85. The third-order valence-electron chi connectivity index (χ3n) is 4.45. The van der Waals surface area contributed by atoms with Crippen LogP contribution < -0.4 is 0 Å². The predicted molar refractivity (Wildman–Crippen MR) is 74.0 cm³/mol. The first-order valence-corrected chi connectivity index (χ1v) is 6.55. The van der Waals surface area contributed by atoms with Crippen LogP contribution in [0.4, 0.5) is 0 Å². The summed E-state index contributed by atoms with van der Waals surface area (Å²) in [7, 11) is 0. The summed E-state index contributed by atoms with van der Waals surface area (Å²) < 4.78 is 0. The van der Waals surface area contributed by atoms with Gasteiger partial charge >= 0.3 is 0 Å². The summed E-state index contributed by atoms with van der Waals surface area (Å²) >= 11 is 0. The van der Waals surface area contributed by atoms with Gasteiger partial charge in [-0.15, -0.1) is 0 Å². The molecule has 88 valence electrons. The van der Waals surface area contributed by atoms with Gasteiger partial charge in [0.2, 0.25) is 0 Å². The molecule has 2 aliphatic carbocycles. The van der Waals surface area contributed by atoms with Crippen molar-refractivity contribution >= 4 is 5.57 Å². The molecular formula is C17H20. The van der Waals surface area contributed by atoms with Crippen molar-refractivity contribution < 1.29 is 0 Å². The molecule has 1 aromatic carbocycles. The Hall–Kier alpha value is -1.30. The van der Waals surface area contributed by atoms with E-state index in [1.807, 2.05) is 0 Å². The minimum Gasteiger partial charge on any atom is -0.0836 e. The van der Waals surface area contributed by atoms with Crippen LogP contribution in [0.1, 0.15) is 43.9 Å². The van der Waals surface area contributed by atoms with Gasteiger partial charge < -0.3 is 0 Å². The highest BCUT2D eigenvalue weighted by Crippen LogP contribution is 2.52.